The Morgan fingerprint density at radius 1 is 1.00 bits per heavy atom. The highest BCUT2D eigenvalue weighted by Crippen LogP contribution is 2.22. The van der Waals surface area contributed by atoms with Crippen molar-refractivity contribution in [3.63, 3.8) is 0 Å². The highest BCUT2D eigenvalue weighted by atomic mass is 19.1. The lowest BCUT2D eigenvalue weighted by Gasteiger charge is -2.27. The SMILES string of the molecule is CC(C(=O)N1CCCN(C(=O)Cc2cccc(F)c2)CC1)C(N)c1ccccc1. The first-order valence-electron chi connectivity index (χ1n) is 10.1. The van der Waals surface area contributed by atoms with Crippen LogP contribution in [-0.4, -0.2) is 47.8 Å². The number of hydrogen-bond acceptors (Lipinski definition) is 3. The lowest BCUT2D eigenvalue weighted by Crippen LogP contribution is -2.42. The van der Waals surface area contributed by atoms with E-state index in [0.717, 1.165) is 5.56 Å². The van der Waals surface area contributed by atoms with Crippen molar-refractivity contribution in [1.82, 2.24) is 9.80 Å². The normalized spacial score (nSPS) is 16.8. The minimum atomic E-state index is -0.363. The molecule has 0 aromatic heterocycles. The van der Waals surface area contributed by atoms with Gasteiger partial charge in [0.05, 0.1) is 12.3 Å². The Morgan fingerprint density at radius 2 is 1.69 bits per heavy atom. The lowest BCUT2D eigenvalue weighted by molar-refractivity contribution is -0.136. The fourth-order valence-corrected chi connectivity index (χ4v) is 3.73. The van der Waals surface area contributed by atoms with Crippen molar-refractivity contribution in [2.45, 2.75) is 25.8 Å². The van der Waals surface area contributed by atoms with Gasteiger partial charge in [0.1, 0.15) is 5.82 Å². The van der Waals surface area contributed by atoms with E-state index in [0.29, 0.717) is 38.2 Å². The van der Waals surface area contributed by atoms with Crippen LogP contribution in [0.4, 0.5) is 4.39 Å². The molecule has 3 rings (SSSR count). The molecule has 29 heavy (non-hydrogen) atoms. The van der Waals surface area contributed by atoms with Crippen molar-refractivity contribution in [2.24, 2.45) is 11.7 Å². The van der Waals surface area contributed by atoms with E-state index in [2.05, 4.69) is 0 Å². The van der Waals surface area contributed by atoms with Crippen LogP contribution in [0.3, 0.4) is 0 Å². The maximum absolute atomic E-state index is 13.3. The second kappa shape index (κ2) is 9.65. The van der Waals surface area contributed by atoms with Crippen LogP contribution in [-0.2, 0) is 16.0 Å². The molecule has 6 heteroatoms. The van der Waals surface area contributed by atoms with E-state index in [1.54, 1.807) is 17.0 Å². The molecule has 1 aliphatic heterocycles. The van der Waals surface area contributed by atoms with E-state index < -0.39 is 0 Å². The summed E-state index contributed by atoms with van der Waals surface area (Å²) < 4.78 is 13.3. The van der Waals surface area contributed by atoms with Crippen molar-refractivity contribution in [3.05, 3.63) is 71.5 Å². The smallest absolute Gasteiger partial charge is 0.227 e. The van der Waals surface area contributed by atoms with Gasteiger partial charge in [-0.25, -0.2) is 4.39 Å². The Morgan fingerprint density at radius 3 is 2.41 bits per heavy atom. The number of nitrogens with two attached hydrogens (primary N) is 1. The molecule has 2 atom stereocenters. The fourth-order valence-electron chi connectivity index (χ4n) is 3.73. The minimum Gasteiger partial charge on any atom is -0.341 e. The molecular weight excluding hydrogens is 369 g/mol. The van der Waals surface area contributed by atoms with Crippen LogP contribution in [0.25, 0.3) is 0 Å². The number of benzene rings is 2. The zero-order valence-corrected chi connectivity index (χ0v) is 16.8. The number of nitrogens with zero attached hydrogens (tertiary/aromatic N) is 2. The second-order valence-corrected chi connectivity index (χ2v) is 7.59. The molecule has 1 saturated heterocycles. The molecule has 154 valence electrons. The van der Waals surface area contributed by atoms with Crippen LogP contribution in [0.15, 0.2) is 54.6 Å². The third kappa shape index (κ3) is 5.41. The molecule has 0 radical (unpaired) electrons. The zero-order valence-electron chi connectivity index (χ0n) is 16.8. The summed E-state index contributed by atoms with van der Waals surface area (Å²) in [5.74, 6) is -0.710. The van der Waals surface area contributed by atoms with Gasteiger partial charge in [-0.15, -0.1) is 0 Å². The molecule has 0 spiro atoms. The molecule has 2 amide bonds. The van der Waals surface area contributed by atoms with E-state index in [4.69, 9.17) is 5.73 Å². The Kier molecular flexibility index (Phi) is 6.99. The maximum Gasteiger partial charge on any atom is 0.227 e. The Labute approximate surface area is 171 Å². The Balaban J connectivity index is 1.57. The zero-order chi connectivity index (χ0) is 20.8. The molecular formula is C23H28FN3O2. The van der Waals surface area contributed by atoms with E-state index in [9.17, 15) is 14.0 Å². The number of rotatable bonds is 5. The summed E-state index contributed by atoms with van der Waals surface area (Å²) in [6.45, 7) is 4.02. The van der Waals surface area contributed by atoms with Crippen LogP contribution >= 0.6 is 0 Å². The van der Waals surface area contributed by atoms with Crippen molar-refractivity contribution < 1.29 is 14.0 Å². The molecule has 1 fully saturated rings. The molecule has 0 aliphatic carbocycles. The third-order valence-corrected chi connectivity index (χ3v) is 5.52. The molecule has 2 aromatic rings. The van der Waals surface area contributed by atoms with Gasteiger partial charge in [-0.1, -0.05) is 49.4 Å². The van der Waals surface area contributed by atoms with E-state index in [-0.39, 0.29) is 36.0 Å². The summed E-state index contributed by atoms with van der Waals surface area (Å²) in [7, 11) is 0. The second-order valence-electron chi connectivity index (χ2n) is 7.59. The first-order chi connectivity index (χ1) is 14.0. The summed E-state index contributed by atoms with van der Waals surface area (Å²) in [6.07, 6.45) is 0.884. The number of carbonyl (C=O) groups is 2. The van der Waals surface area contributed by atoms with Crippen molar-refractivity contribution in [2.75, 3.05) is 26.2 Å². The standard InChI is InChI=1S/C23H28FN3O2/c1-17(22(25)19-8-3-2-4-9-19)23(29)27-12-6-11-26(13-14-27)21(28)16-18-7-5-10-20(24)15-18/h2-5,7-10,15,17,22H,6,11-14,16,25H2,1H3. The van der Waals surface area contributed by atoms with Crippen molar-refractivity contribution >= 4 is 11.8 Å². The number of carbonyl (C=O) groups excluding carboxylic acids is 2. The average molecular weight is 397 g/mol. The largest absolute Gasteiger partial charge is 0.341 e. The van der Waals surface area contributed by atoms with Gasteiger partial charge in [-0.05, 0) is 29.7 Å². The van der Waals surface area contributed by atoms with Crippen LogP contribution in [0.2, 0.25) is 0 Å². The molecule has 0 saturated carbocycles. The average Bonchev–Trinajstić information content (AvgIpc) is 2.99. The van der Waals surface area contributed by atoms with Crippen LogP contribution in [0, 0.1) is 11.7 Å². The van der Waals surface area contributed by atoms with Crippen molar-refractivity contribution in [1.29, 1.82) is 0 Å². The van der Waals surface area contributed by atoms with Gasteiger partial charge in [0.2, 0.25) is 11.8 Å². The van der Waals surface area contributed by atoms with Gasteiger partial charge < -0.3 is 15.5 Å². The fraction of sp³-hybridized carbons (Fsp3) is 0.391. The van der Waals surface area contributed by atoms with Gasteiger partial charge in [0.25, 0.3) is 0 Å². The summed E-state index contributed by atoms with van der Waals surface area (Å²) in [6, 6.07) is 15.4. The number of halogens is 1. The van der Waals surface area contributed by atoms with E-state index in [1.807, 2.05) is 42.2 Å². The molecule has 2 unspecified atom stereocenters. The minimum absolute atomic E-state index is 0.0146. The van der Waals surface area contributed by atoms with Crippen LogP contribution in [0.1, 0.15) is 30.5 Å². The molecule has 2 aromatic carbocycles. The van der Waals surface area contributed by atoms with Crippen molar-refractivity contribution in [3.8, 4) is 0 Å². The van der Waals surface area contributed by atoms with Gasteiger partial charge in [-0.3, -0.25) is 9.59 Å². The number of hydrogen-bond donors (Lipinski definition) is 1. The third-order valence-electron chi connectivity index (χ3n) is 5.52. The van der Waals surface area contributed by atoms with Gasteiger partial charge in [-0.2, -0.15) is 0 Å². The molecule has 2 N–H and O–H groups in total. The van der Waals surface area contributed by atoms with Gasteiger partial charge >= 0.3 is 0 Å². The quantitative estimate of drug-likeness (QED) is 0.844. The molecule has 1 aliphatic rings. The first kappa shape index (κ1) is 21.0. The summed E-state index contributed by atoms with van der Waals surface area (Å²) in [5, 5.41) is 0. The Bertz CT molecular complexity index is 843. The summed E-state index contributed by atoms with van der Waals surface area (Å²) in [5.41, 5.74) is 7.92. The lowest BCUT2D eigenvalue weighted by atomic mass is 9.94. The topological polar surface area (TPSA) is 66.6 Å². The predicted molar refractivity (Wildman–Crippen MR) is 110 cm³/mol. The maximum atomic E-state index is 13.3. The monoisotopic (exact) mass is 397 g/mol. The molecule has 0 bridgehead atoms. The van der Waals surface area contributed by atoms with Crippen LogP contribution < -0.4 is 5.73 Å². The Hall–Kier alpha value is -2.73. The highest BCUT2D eigenvalue weighted by molar-refractivity contribution is 5.80. The molecule has 5 nitrogen and oxygen atoms in total. The number of amides is 2. The van der Waals surface area contributed by atoms with Gasteiger partial charge in [0.15, 0.2) is 0 Å². The van der Waals surface area contributed by atoms with Crippen LogP contribution in [0.5, 0.6) is 0 Å². The van der Waals surface area contributed by atoms with E-state index >= 15 is 0 Å². The summed E-state index contributed by atoms with van der Waals surface area (Å²) >= 11 is 0. The summed E-state index contributed by atoms with van der Waals surface area (Å²) in [4.78, 5) is 29.2. The van der Waals surface area contributed by atoms with Gasteiger partial charge in [0, 0.05) is 32.2 Å². The highest BCUT2D eigenvalue weighted by Gasteiger charge is 2.28. The van der Waals surface area contributed by atoms with E-state index in [1.165, 1.54) is 12.1 Å². The first-order valence-corrected chi connectivity index (χ1v) is 10.1. The molecule has 1 heterocycles. The predicted octanol–water partition coefficient (Wildman–Crippen LogP) is 2.77.